The maximum atomic E-state index is 12.9. The minimum Gasteiger partial charge on any atom is -0.370 e. The molecule has 1 amide bonds. The van der Waals surface area contributed by atoms with Gasteiger partial charge in [-0.1, -0.05) is 48.5 Å². The summed E-state index contributed by atoms with van der Waals surface area (Å²) in [7, 11) is 0. The third kappa shape index (κ3) is 4.89. The Hall–Kier alpha value is -3.05. The van der Waals surface area contributed by atoms with Crippen LogP contribution in [0.1, 0.15) is 41.8 Å². The summed E-state index contributed by atoms with van der Waals surface area (Å²) in [5, 5.41) is 3.07. The number of carbonyl (C=O) groups excluding carboxylic acids is 1. The lowest BCUT2D eigenvalue weighted by atomic mass is 10.0. The van der Waals surface area contributed by atoms with Gasteiger partial charge in [0.2, 0.25) is 0 Å². The minimum absolute atomic E-state index is 0.0623. The lowest BCUT2D eigenvalue weighted by Crippen LogP contribution is -2.34. The first-order valence-electron chi connectivity index (χ1n) is 11.2. The van der Waals surface area contributed by atoms with E-state index in [1.165, 1.54) is 21.7 Å². The Morgan fingerprint density at radius 1 is 1.00 bits per heavy atom. The second kappa shape index (κ2) is 10.0. The molecule has 0 fully saturated rings. The van der Waals surface area contributed by atoms with E-state index in [0.717, 1.165) is 35.8 Å². The summed E-state index contributed by atoms with van der Waals surface area (Å²) in [6.45, 7) is 8.60. The number of carbonyl (C=O) groups is 1. The third-order valence-electron chi connectivity index (χ3n) is 5.65. The Labute approximate surface area is 194 Å². The summed E-state index contributed by atoms with van der Waals surface area (Å²) in [4.78, 5) is 22.4. The lowest BCUT2D eigenvalue weighted by molar-refractivity contribution is 0.0954. The van der Waals surface area contributed by atoms with Crippen molar-refractivity contribution in [2.24, 2.45) is 4.99 Å². The summed E-state index contributed by atoms with van der Waals surface area (Å²) in [6.07, 6.45) is 0.846. The van der Waals surface area contributed by atoms with Crippen LogP contribution in [0.4, 0.5) is 11.4 Å². The number of likely N-dealkylation sites (N-methyl/N-ethyl adjacent to an activating group) is 1. The highest BCUT2D eigenvalue weighted by molar-refractivity contribution is 7.99. The van der Waals surface area contributed by atoms with Gasteiger partial charge in [0.1, 0.15) is 0 Å². The predicted molar refractivity (Wildman–Crippen MR) is 135 cm³/mol. The molecule has 0 saturated carbocycles. The molecule has 1 heterocycles. The fourth-order valence-corrected chi connectivity index (χ4v) is 4.90. The van der Waals surface area contributed by atoms with Crippen LogP contribution in [0.3, 0.4) is 0 Å². The van der Waals surface area contributed by atoms with Crippen LogP contribution in [0.25, 0.3) is 0 Å². The molecule has 0 unspecified atom stereocenters. The maximum absolute atomic E-state index is 12.9. The molecule has 32 heavy (non-hydrogen) atoms. The van der Waals surface area contributed by atoms with Crippen molar-refractivity contribution in [3.8, 4) is 0 Å². The molecular formula is C27H29N3OS. The molecule has 4 nitrogen and oxygen atoms in total. The predicted octanol–water partition coefficient (Wildman–Crippen LogP) is 6.25. The van der Waals surface area contributed by atoms with E-state index in [4.69, 9.17) is 4.99 Å². The van der Waals surface area contributed by atoms with E-state index >= 15 is 0 Å². The van der Waals surface area contributed by atoms with Gasteiger partial charge in [0.15, 0.2) is 0 Å². The van der Waals surface area contributed by atoms with E-state index < -0.39 is 0 Å². The molecule has 0 spiro atoms. The van der Waals surface area contributed by atoms with Gasteiger partial charge in [0.05, 0.1) is 5.69 Å². The van der Waals surface area contributed by atoms with Crippen molar-refractivity contribution in [3.63, 3.8) is 0 Å². The molecule has 3 aromatic carbocycles. The average molecular weight is 444 g/mol. The van der Waals surface area contributed by atoms with Crippen LogP contribution < -0.4 is 10.2 Å². The van der Waals surface area contributed by atoms with E-state index in [9.17, 15) is 4.79 Å². The van der Waals surface area contributed by atoms with Gasteiger partial charge in [-0.25, -0.2) is 0 Å². The van der Waals surface area contributed by atoms with Crippen molar-refractivity contribution in [2.45, 2.75) is 37.0 Å². The second-order valence-electron chi connectivity index (χ2n) is 7.87. The Morgan fingerprint density at radius 3 is 2.53 bits per heavy atom. The van der Waals surface area contributed by atoms with E-state index in [1.54, 1.807) is 11.8 Å². The number of nitrogens with one attached hydrogen (secondary N) is 1. The molecule has 0 atom stereocenters. The number of nitrogens with zero attached hydrogens (tertiary/aromatic N) is 2. The molecule has 5 heteroatoms. The summed E-state index contributed by atoms with van der Waals surface area (Å²) in [6, 6.07) is 22.6. The van der Waals surface area contributed by atoms with Crippen molar-refractivity contribution < 1.29 is 4.79 Å². The number of benzene rings is 3. The number of fused-ring (bicyclic) bond motifs is 2. The Morgan fingerprint density at radius 2 is 1.78 bits per heavy atom. The van der Waals surface area contributed by atoms with Crippen LogP contribution in [0, 0.1) is 6.92 Å². The smallest absolute Gasteiger partial charge is 0.251 e. The maximum Gasteiger partial charge on any atom is 0.251 e. The normalized spacial score (nSPS) is 12.3. The number of para-hydroxylation sites is 1. The topological polar surface area (TPSA) is 44.7 Å². The molecule has 3 aromatic rings. The van der Waals surface area contributed by atoms with Crippen LogP contribution >= 0.6 is 11.8 Å². The van der Waals surface area contributed by atoms with Crippen LogP contribution in [0.5, 0.6) is 0 Å². The first kappa shape index (κ1) is 22.2. The van der Waals surface area contributed by atoms with Crippen molar-refractivity contribution in [3.05, 3.63) is 83.4 Å². The zero-order chi connectivity index (χ0) is 22.5. The molecule has 0 aliphatic carbocycles. The molecule has 1 aliphatic heterocycles. The van der Waals surface area contributed by atoms with Crippen LogP contribution in [-0.2, 0) is 0 Å². The molecule has 164 valence electrons. The number of aliphatic imine (C=N–C) groups is 1. The monoisotopic (exact) mass is 443 g/mol. The zero-order valence-corrected chi connectivity index (χ0v) is 19.7. The summed E-state index contributed by atoms with van der Waals surface area (Å²) >= 11 is 1.72. The molecular weight excluding hydrogens is 414 g/mol. The average Bonchev–Trinajstić information content (AvgIpc) is 2.98. The molecule has 1 aliphatic rings. The van der Waals surface area contributed by atoms with E-state index in [2.05, 4.69) is 61.3 Å². The first-order valence-corrected chi connectivity index (χ1v) is 12.0. The molecule has 1 N–H and O–H groups in total. The zero-order valence-electron chi connectivity index (χ0n) is 18.9. The van der Waals surface area contributed by atoms with Crippen LogP contribution in [-0.4, -0.2) is 31.3 Å². The molecule has 0 aromatic heterocycles. The van der Waals surface area contributed by atoms with Gasteiger partial charge >= 0.3 is 0 Å². The number of aryl methyl sites for hydroxylation is 1. The number of rotatable bonds is 7. The van der Waals surface area contributed by atoms with Gasteiger partial charge in [-0.05, 0) is 62.7 Å². The quantitative estimate of drug-likeness (QED) is 0.470. The van der Waals surface area contributed by atoms with E-state index in [0.29, 0.717) is 12.1 Å². The number of amides is 1. The van der Waals surface area contributed by atoms with Crippen LogP contribution in [0.15, 0.2) is 81.5 Å². The molecule has 0 radical (unpaired) electrons. The van der Waals surface area contributed by atoms with Crippen molar-refractivity contribution in [1.82, 2.24) is 5.32 Å². The van der Waals surface area contributed by atoms with Crippen molar-refractivity contribution in [1.29, 1.82) is 0 Å². The highest BCUT2D eigenvalue weighted by atomic mass is 32.2. The van der Waals surface area contributed by atoms with Gasteiger partial charge in [0, 0.05) is 52.0 Å². The summed E-state index contributed by atoms with van der Waals surface area (Å²) in [5.41, 5.74) is 6.17. The van der Waals surface area contributed by atoms with Crippen molar-refractivity contribution in [2.75, 3.05) is 24.5 Å². The summed E-state index contributed by atoms with van der Waals surface area (Å²) in [5.74, 6) is -0.0623. The number of hydrogen-bond donors (Lipinski definition) is 1. The molecule has 0 bridgehead atoms. The van der Waals surface area contributed by atoms with Crippen molar-refractivity contribution >= 4 is 34.8 Å². The minimum atomic E-state index is -0.0623. The first-order chi connectivity index (χ1) is 15.6. The Balaban J connectivity index is 1.48. The Bertz CT molecular complexity index is 1140. The van der Waals surface area contributed by atoms with Gasteiger partial charge in [-0.3, -0.25) is 9.79 Å². The van der Waals surface area contributed by atoms with Gasteiger partial charge < -0.3 is 10.2 Å². The standard InChI is InChI=1S/C27H29N3OS/c1-4-23-22-17-19(3)11-13-25(22)32-26-14-12-20(18-24(26)29-23)27(31)28-15-16-30(5-2)21-9-7-6-8-10-21/h6-14,17-18H,4-5,15-16H2,1-3H3,(H,28,31). The highest BCUT2D eigenvalue weighted by Crippen LogP contribution is 2.41. The molecule has 4 rings (SSSR count). The SMILES string of the molecule is CCC1=Nc2cc(C(=O)NCCN(CC)c3ccccc3)ccc2Sc2ccc(C)cc21. The number of anilines is 1. The highest BCUT2D eigenvalue weighted by Gasteiger charge is 2.18. The van der Waals surface area contributed by atoms with E-state index in [1.807, 2.05) is 36.4 Å². The molecule has 0 saturated heterocycles. The van der Waals surface area contributed by atoms with E-state index in [-0.39, 0.29) is 5.91 Å². The number of hydrogen-bond acceptors (Lipinski definition) is 4. The summed E-state index contributed by atoms with van der Waals surface area (Å²) < 4.78 is 0. The fraction of sp³-hybridized carbons (Fsp3) is 0.259. The van der Waals surface area contributed by atoms with Gasteiger partial charge in [0.25, 0.3) is 5.91 Å². The third-order valence-corrected chi connectivity index (χ3v) is 6.79. The lowest BCUT2D eigenvalue weighted by Gasteiger charge is -2.23. The van der Waals surface area contributed by atoms with Gasteiger partial charge in [-0.15, -0.1) is 0 Å². The van der Waals surface area contributed by atoms with Gasteiger partial charge in [-0.2, -0.15) is 0 Å². The Kier molecular flexibility index (Phi) is 6.96. The fourth-order valence-electron chi connectivity index (χ4n) is 3.90. The van der Waals surface area contributed by atoms with Crippen LogP contribution in [0.2, 0.25) is 0 Å². The second-order valence-corrected chi connectivity index (χ2v) is 8.95. The largest absolute Gasteiger partial charge is 0.370 e.